The van der Waals surface area contributed by atoms with Crippen molar-refractivity contribution in [1.82, 2.24) is 4.90 Å². The lowest BCUT2D eigenvalue weighted by molar-refractivity contribution is 0.0420. The van der Waals surface area contributed by atoms with Gasteiger partial charge >= 0.3 is 5.97 Å². The lowest BCUT2D eigenvalue weighted by Crippen LogP contribution is -2.33. The summed E-state index contributed by atoms with van der Waals surface area (Å²) in [4.78, 5) is 37.5. The average Bonchev–Trinajstić information content (AvgIpc) is 2.82. The van der Waals surface area contributed by atoms with Crippen LogP contribution in [0.2, 0.25) is 5.02 Å². The highest BCUT2D eigenvalue weighted by Crippen LogP contribution is 2.23. The molecule has 7 heteroatoms. The molecule has 0 bridgehead atoms. The third-order valence-electron chi connectivity index (χ3n) is 3.57. The molecule has 2 amide bonds. The van der Waals surface area contributed by atoms with Crippen LogP contribution in [0.15, 0.2) is 46.9 Å². The van der Waals surface area contributed by atoms with Crippen molar-refractivity contribution in [3.05, 3.63) is 68.7 Å². The van der Waals surface area contributed by atoms with E-state index in [1.165, 1.54) is 0 Å². The summed E-state index contributed by atoms with van der Waals surface area (Å²) < 4.78 is 5.82. The van der Waals surface area contributed by atoms with E-state index in [0.717, 1.165) is 4.90 Å². The molecule has 0 saturated heterocycles. The Morgan fingerprint density at radius 1 is 1.08 bits per heavy atom. The Labute approximate surface area is 151 Å². The van der Waals surface area contributed by atoms with Crippen molar-refractivity contribution >= 4 is 45.3 Å². The number of carbonyl (C=O) groups excluding carboxylic acids is 3. The predicted octanol–water partition coefficient (Wildman–Crippen LogP) is 3.56. The summed E-state index contributed by atoms with van der Waals surface area (Å²) >= 11 is 9.22. The van der Waals surface area contributed by atoms with Crippen LogP contribution in [0.1, 0.15) is 31.1 Å². The van der Waals surface area contributed by atoms with Gasteiger partial charge in [-0.05, 0) is 30.3 Å². The molecule has 2 aromatic rings. The van der Waals surface area contributed by atoms with Gasteiger partial charge < -0.3 is 4.74 Å². The Morgan fingerprint density at radius 3 is 2.33 bits per heavy atom. The lowest BCUT2D eigenvalue weighted by Gasteiger charge is -2.14. The van der Waals surface area contributed by atoms with Crippen molar-refractivity contribution in [2.75, 3.05) is 13.2 Å². The van der Waals surface area contributed by atoms with Crippen LogP contribution < -0.4 is 0 Å². The topological polar surface area (TPSA) is 63.7 Å². The van der Waals surface area contributed by atoms with Gasteiger partial charge in [0.2, 0.25) is 0 Å². The van der Waals surface area contributed by atoms with Gasteiger partial charge in [0.15, 0.2) is 0 Å². The van der Waals surface area contributed by atoms with Crippen LogP contribution in [-0.4, -0.2) is 35.8 Å². The second-order valence-electron chi connectivity index (χ2n) is 5.07. The van der Waals surface area contributed by atoms with Crippen LogP contribution in [0.25, 0.3) is 0 Å². The number of esters is 1. The smallest absolute Gasteiger partial charge is 0.339 e. The molecule has 1 aliphatic rings. The molecule has 0 saturated carbocycles. The van der Waals surface area contributed by atoms with E-state index in [2.05, 4.69) is 15.9 Å². The largest absolute Gasteiger partial charge is 0.460 e. The Balaban J connectivity index is 1.63. The molecule has 0 spiro atoms. The Kier molecular flexibility index (Phi) is 4.69. The Hall–Kier alpha value is -2.18. The molecule has 0 aliphatic carbocycles. The number of rotatable bonds is 4. The zero-order chi connectivity index (χ0) is 17.3. The van der Waals surface area contributed by atoms with E-state index < -0.39 is 5.97 Å². The standard InChI is InChI=1S/C17H11BrClNO4/c18-10-5-6-14(19)13(9-10)17(23)24-8-7-20-15(21)11-3-1-2-4-12(11)16(20)22/h1-6,9H,7-8H2. The highest BCUT2D eigenvalue weighted by atomic mass is 79.9. The maximum absolute atomic E-state index is 12.2. The number of hydrogen-bond donors (Lipinski definition) is 0. The molecular formula is C17H11BrClNO4. The van der Waals surface area contributed by atoms with Crippen molar-refractivity contribution < 1.29 is 19.1 Å². The number of ether oxygens (including phenoxy) is 1. The number of nitrogens with zero attached hydrogens (tertiary/aromatic N) is 1. The maximum atomic E-state index is 12.2. The van der Waals surface area contributed by atoms with E-state index in [1.807, 2.05) is 0 Å². The molecule has 1 aliphatic heterocycles. The van der Waals surface area contributed by atoms with E-state index in [1.54, 1.807) is 42.5 Å². The predicted molar refractivity (Wildman–Crippen MR) is 91.2 cm³/mol. The minimum absolute atomic E-state index is 0.0102. The molecule has 24 heavy (non-hydrogen) atoms. The fourth-order valence-corrected chi connectivity index (χ4v) is 2.96. The minimum Gasteiger partial charge on any atom is -0.460 e. The highest BCUT2D eigenvalue weighted by molar-refractivity contribution is 9.10. The molecule has 0 atom stereocenters. The van der Waals surface area contributed by atoms with Gasteiger partial charge in [-0.3, -0.25) is 14.5 Å². The van der Waals surface area contributed by atoms with Crippen LogP contribution in [0.3, 0.4) is 0 Å². The summed E-state index contributed by atoms with van der Waals surface area (Å²) in [5, 5.41) is 0.268. The van der Waals surface area contributed by atoms with Gasteiger partial charge in [0.05, 0.1) is 28.3 Å². The van der Waals surface area contributed by atoms with Crippen LogP contribution in [0, 0.1) is 0 Å². The van der Waals surface area contributed by atoms with E-state index >= 15 is 0 Å². The van der Waals surface area contributed by atoms with Gasteiger partial charge in [-0.1, -0.05) is 39.7 Å². The van der Waals surface area contributed by atoms with Crippen molar-refractivity contribution in [3.8, 4) is 0 Å². The number of hydrogen-bond acceptors (Lipinski definition) is 4. The second kappa shape index (κ2) is 6.75. The third kappa shape index (κ3) is 3.07. The number of amides is 2. The quantitative estimate of drug-likeness (QED) is 0.573. The van der Waals surface area contributed by atoms with Crippen molar-refractivity contribution in [1.29, 1.82) is 0 Å². The zero-order valence-corrected chi connectivity index (χ0v) is 14.6. The fourth-order valence-electron chi connectivity index (χ4n) is 2.40. The van der Waals surface area contributed by atoms with Gasteiger partial charge in [0.25, 0.3) is 11.8 Å². The van der Waals surface area contributed by atoms with E-state index in [-0.39, 0.29) is 35.6 Å². The second-order valence-corrected chi connectivity index (χ2v) is 6.39. The van der Waals surface area contributed by atoms with Crippen LogP contribution in [0.4, 0.5) is 0 Å². The fraction of sp³-hybridized carbons (Fsp3) is 0.118. The van der Waals surface area contributed by atoms with Crippen LogP contribution in [0.5, 0.6) is 0 Å². The van der Waals surface area contributed by atoms with Gasteiger partial charge in [-0.15, -0.1) is 0 Å². The number of benzene rings is 2. The molecule has 3 rings (SSSR count). The van der Waals surface area contributed by atoms with Crippen molar-refractivity contribution in [2.45, 2.75) is 0 Å². The summed E-state index contributed by atoms with van der Waals surface area (Å²) in [5.41, 5.74) is 0.945. The van der Waals surface area contributed by atoms with E-state index in [0.29, 0.717) is 15.6 Å². The number of halogens is 2. The first-order valence-corrected chi connectivity index (χ1v) is 8.23. The van der Waals surface area contributed by atoms with Gasteiger partial charge in [-0.25, -0.2) is 4.79 Å². The Morgan fingerprint density at radius 2 is 1.71 bits per heavy atom. The molecule has 0 unspecified atom stereocenters. The first kappa shape index (κ1) is 16.7. The monoisotopic (exact) mass is 407 g/mol. The summed E-state index contributed by atoms with van der Waals surface area (Å²) in [6.07, 6.45) is 0. The molecule has 5 nitrogen and oxygen atoms in total. The normalized spacial score (nSPS) is 13.2. The average molecular weight is 409 g/mol. The SMILES string of the molecule is O=C(OCCN1C(=O)c2ccccc2C1=O)c1cc(Br)ccc1Cl. The highest BCUT2D eigenvalue weighted by Gasteiger charge is 2.34. The first-order valence-electron chi connectivity index (χ1n) is 7.06. The first-order chi connectivity index (χ1) is 11.5. The molecule has 2 aromatic carbocycles. The van der Waals surface area contributed by atoms with Gasteiger partial charge in [0, 0.05) is 4.47 Å². The number of fused-ring (bicyclic) bond motifs is 1. The molecule has 0 radical (unpaired) electrons. The molecule has 0 aromatic heterocycles. The number of imide groups is 1. The molecule has 0 fully saturated rings. The molecule has 0 N–H and O–H groups in total. The van der Waals surface area contributed by atoms with Gasteiger partial charge in [0.1, 0.15) is 6.61 Å². The van der Waals surface area contributed by atoms with Crippen molar-refractivity contribution in [3.63, 3.8) is 0 Å². The Bertz CT molecular complexity index is 817. The summed E-state index contributed by atoms with van der Waals surface area (Å²) in [6, 6.07) is 11.4. The zero-order valence-electron chi connectivity index (χ0n) is 12.3. The molecular weight excluding hydrogens is 398 g/mol. The van der Waals surface area contributed by atoms with Gasteiger partial charge in [-0.2, -0.15) is 0 Å². The summed E-state index contributed by atoms with van der Waals surface area (Å²) in [5.74, 6) is -1.38. The van der Waals surface area contributed by atoms with Crippen LogP contribution in [-0.2, 0) is 4.74 Å². The van der Waals surface area contributed by atoms with E-state index in [4.69, 9.17) is 16.3 Å². The third-order valence-corrected chi connectivity index (χ3v) is 4.40. The summed E-state index contributed by atoms with van der Waals surface area (Å²) in [7, 11) is 0. The number of carbonyl (C=O) groups is 3. The van der Waals surface area contributed by atoms with Crippen molar-refractivity contribution in [2.24, 2.45) is 0 Å². The van der Waals surface area contributed by atoms with Crippen LogP contribution >= 0.6 is 27.5 Å². The summed E-state index contributed by atoms with van der Waals surface area (Å²) in [6.45, 7) is -0.114. The molecule has 1 heterocycles. The molecule has 122 valence electrons. The minimum atomic E-state index is -0.613. The lowest BCUT2D eigenvalue weighted by atomic mass is 10.1. The maximum Gasteiger partial charge on any atom is 0.339 e. The van der Waals surface area contributed by atoms with E-state index in [9.17, 15) is 14.4 Å².